The first-order chi connectivity index (χ1) is 9.23. The second kappa shape index (κ2) is 7.85. The number of nitrogens with two attached hydrogens (primary N) is 1. The van der Waals surface area contributed by atoms with Gasteiger partial charge in [0.05, 0.1) is 6.54 Å². The van der Waals surface area contributed by atoms with Crippen molar-refractivity contribution < 1.29 is 24.2 Å². The van der Waals surface area contributed by atoms with Crippen molar-refractivity contribution in [1.82, 2.24) is 0 Å². The summed E-state index contributed by atoms with van der Waals surface area (Å²) in [7, 11) is 0. The molecule has 0 fully saturated rings. The lowest BCUT2D eigenvalue weighted by Crippen LogP contribution is -2.27. The topological polar surface area (TPSA) is 98.9 Å². The summed E-state index contributed by atoms with van der Waals surface area (Å²) in [5.74, 6) is -0.963. The number of ketones is 1. The lowest BCUT2D eigenvalue weighted by atomic mass is 10.1. The van der Waals surface area contributed by atoms with Gasteiger partial charge in [0.15, 0.2) is 23.9 Å². The predicted octanol–water partition coefficient (Wildman–Crippen LogP) is 1.68. The smallest absolute Gasteiger partial charge is 0.344 e. The van der Waals surface area contributed by atoms with Gasteiger partial charge in [-0.25, -0.2) is 4.79 Å². The van der Waals surface area contributed by atoms with Crippen LogP contribution in [0.4, 0.5) is 0 Å². The van der Waals surface area contributed by atoms with Gasteiger partial charge in [-0.1, -0.05) is 0 Å². The zero-order valence-electron chi connectivity index (χ0n) is 12.2. The van der Waals surface area contributed by atoms with Gasteiger partial charge < -0.3 is 20.3 Å². The number of ether oxygens (including phenoxy) is 2. The Morgan fingerprint density at radius 3 is 2.38 bits per heavy atom. The molecule has 0 bridgehead atoms. The minimum absolute atomic E-state index is 0. The van der Waals surface area contributed by atoms with E-state index in [0.29, 0.717) is 0 Å². The average molecular weight is 318 g/mol. The average Bonchev–Trinajstić information content (AvgIpc) is 2.34. The van der Waals surface area contributed by atoms with Crippen molar-refractivity contribution in [2.45, 2.75) is 26.4 Å². The van der Waals surface area contributed by atoms with Crippen LogP contribution >= 0.6 is 12.4 Å². The number of rotatable bonds is 5. The molecular formula is C14H20ClNO5. The van der Waals surface area contributed by atoms with Crippen LogP contribution in [0.2, 0.25) is 0 Å². The summed E-state index contributed by atoms with van der Waals surface area (Å²) in [6.45, 7) is 4.77. The molecule has 1 aromatic rings. The first-order valence-corrected chi connectivity index (χ1v) is 6.14. The molecule has 0 aliphatic carbocycles. The number of benzene rings is 1. The van der Waals surface area contributed by atoms with Crippen LogP contribution in [0.15, 0.2) is 18.2 Å². The molecule has 1 aromatic carbocycles. The second-order valence-corrected chi connectivity index (χ2v) is 5.18. The van der Waals surface area contributed by atoms with Gasteiger partial charge in [0.25, 0.3) is 0 Å². The van der Waals surface area contributed by atoms with Crippen molar-refractivity contribution in [1.29, 1.82) is 0 Å². The van der Waals surface area contributed by atoms with Gasteiger partial charge in [0.1, 0.15) is 5.60 Å². The monoisotopic (exact) mass is 317 g/mol. The maximum absolute atomic E-state index is 11.5. The van der Waals surface area contributed by atoms with E-state index in [0.717, 1.165) is 0 Å². The predicted molar refractivity (Wildman–Crippen MR) is 80.1 cm³/mol. The lowest BCUT2D eigenvalue weighted by Gasteiger charge is -2.19. The quantitative estimate of drug-likeness (QED) is 0.633. The molecule has 0 atom stereocenters. The first-order valence-electron chi connectivity index (χ1n) is 6.14. The zero-order chi connectivity index (χ0) is 15.3. The van der Waals surface area contributed by atoms with Crippen LogP contribution in [-0.2, 0) is 9.53 Å². The third-order valence-electron chi connectivity index (χ3n) is 2.23. The van der Waals surface area contributed by atoms with E-state index < -0.39 is 11.6 Å². The van der Waals surface area contributed by atoms with Crippen molar-refractivity contribution in [3.8, 4) is 11.5 Å². The molecule has 0 unspecified atom stereocenters. The van der Waals surface area contributed by atoms with Crippen LogP contribution < -0.4 is 10.5 Å². The molecule has 0 saturated carbocycles. The highest BCUT2D eigenvalue weighted by atomic mass is 35.5. The van der Waals surface area contributed by atoms with E-state index in [4.69, 9.17) is 15.2 Å². The minimum Gasteiger partial charge on any atom is -0.504 e. The Hall–Kier alpha value is -1.79. The molecule has 21 heavy (non-hydrogen) atoms. The van der Waals surface area contributed by atoms with Gasteiger partial charge >= 0.3 is 5.97 Å². The highest BCUT2D eigenvalue weighted by molar-refractivity contribution is 5.98. The van der Waals surface area contributed by atoms with Gasteiger partial charge in [-0.2, -0.15) is 0 Å². The molecule has 0 spiro atoms. The number of phenols is 1. The SMILES string of the molecule is CC(C)(C)OC(=O)COc1ccc(C(=O)CN)cc1O.Cl. The fourth-order valence-electron chi connectivity index (χ4n) is 1.44. The number of Topliss-reactive ketones (excluding diaryl/α,β-unsaturated/α-hetero) is 1. The van der Waals surface area contributed by atoms with Gasteiger partial charge in [-0.15, -0.1) is 12.4 Å². The fourth-order valence-corrected chi connectivity index (χ4v) is 1.44. The maximum Gasteiger partial charge on any atom is 0.344 e. The van der Waals surface area contributed by atoms with Crippen LogP contribution in [0.5, 0.6) is 11.5 Å². The molecule has 0 amide bonds. The summed E-state index contributed by atoms with van der Waals surface area (Å²) < 4.78 is 10.2. The summed E-state index contributed by atoms with van der Waals surface area (Å²) >= 11 is 0. The van der Waals surface area contributed by atoms with E-state index in [1.54, 1.807) is 20.8 Å². The summed E-state index contributed by atoms with van der Waals surface area (Å²) in [6, 6.07) is 4.13. The molecule has 0 aliphatic heterocycles. The number of hydrogen-bond donors (Lipinski definition) is 2. The molecule has 6 nitrogen and oxygen atoms in total. The molecule has 1 rings (SSSR count). The van der Waals surface area contributed by atoms with E-state index in [1.807, 2.05) is 0 Å². The van der Waals surface area contributed by atoms with Crippen LogP contribution in [0.25, 0.3) is 0 Å². The summed E-state index contributed by atoms with van der Waals surface area (Å²) in [4.78, 5) is 22.8. The van der Waals surface area contributed by atoms with Crippen LogP contribution in [0, 0.1) is 0 Å². The summed E-state index contributed by atoms with van der Waals surface area (Å²) in [5.41, 5.74) is 4.92. The minimum atomic E-state index is -0.597. The Labute approximate surface area is 129 Å². The van der Waals surface area contributed by atoms with Crippen molar-refractivity contribution in [2.24, 2.45) is 5.73 Å². The maximum atomic E-state index is 11.5. The van der Waals surface area contributed by atoms with Gasteiger partial charge in [0.2, 0.25) is 0 Å². The fraction of sp³-hybridized carbons (Fsp3) is 0.429. The summed E-state index contributed by atoms with van der Waals surface area (Å²) in [5, 5.41) is 9.71. The van der Waals surface area contributed by atoms with Gasteiger partial charge in [-0.3, -0.25) is 4.79 Å². The first kappa shape index (κ1) is 19.2. The largest absolute Gasteiger partial charge is 0.504 e. The molecule has 0 aliphatic rings. The Bertz CT molecular complexity index is 511. The summed E-state index contributed by atoms with van der Waals surface area (Å²) in [6.07, 6.45) is 0. The number of esters is 1. The standard InChI is InChI=1S/C14H19NO5.ClH/c1-14(2,3)20-13(18)8-19-12-5-4-9(6-10(12)16)11(17)7-15;/h4-6,16H,7-8,15H2,1-3H3;1H. The Balaban J connectivity index is 0.00000400. The number of hydrogen-bond acceptors (Lipinski definition) is 6. The molecule has 0 aromatic heterocycles. The van der Waals surface area contributed by atoms with Crippen molar-refractivity contribution in [3.63, 3.8) is 0 Å². The number of phenolic OH excluding ortho intramolecular Hbond substituents is 1. The number of halogens is 1. The molecule has 0 radical (unpaired) electrons. The number of carbonyl (C=O) groups is 2. The molecular weight excluding hydrogens is 298 g/mol. The van der Waals surface area contributed by atoms with Crippen LogP contribution in [0.1, 0.15) is 31.1 Å². The molecule has 0 saturated heterocycles. The van der Waals surface area contributed by atoms with E-state index in [9.17, 15) is 14.7 Å². The van der Waals surface area contributed by atoms with E-state index in [2.05, 4.69) is 0 Å². The Kier molecular flexibility index (Phi) is 7.18. The molecule has 0 heterocycles. The van der Waals surface area contributed by atoms with Gasteiger partial charge in [0, 0.05) is 5.56 Å². The highest BCUT2D eigenvalue weighted by Crippen LogP contribution is 2.27. The molecule has 3 N–H and O–H groups in total. The van der Waals surface area contributed by atoms with E-state index in [1.165, 1.54) is 18.2 Å². The normalized spacial score (nSPS) is 10.5. The van der Waals surface area contributed by atoms with Crippen molar-refractivity contribution in [3.05, 3.63) is 23.8 Å². The lowest BCUT2D eigenvalue weighted by molar-refractivity contribution is -0.157. The third kappa shape index (κ3) is 6.46. The second-order valence-electron chi connectivity index (χ2n) is 5.18. The van der Waals surface area contributed by atoms with E-state index >= 15 is 0 Å². The zero-order valence-corrected chi connectivity index (χ0v) is 13.0. The Morgan fingerprint density at radius 1 is 1.29 bits per heavy atom. The number of aromatic hydroxyl groups is 1. The van der Waals surface area contributed by atoms with E-state index in [-0.39, 0.29) is 48.4 Å². The van der Waals surface area contributed by atoms with Crippen LogP contribution in [-0.4, -0.2) is 35.6 Å². The Morgan fingerprint density at radius 2 is 1.90 bits per heavy atom. The van der Waals surface area contributed by atoms with Crippen molar-refractivity contribution in [2.75, 3.05) is 13.2 Å². The molecule has 7 heteroatoms. The highest BCUT2D eigenvalue weighted by Gasteiger charge is 2.17. The molecule has 118 valence electrons. The van der Waals surface area contributed by atoms with Crippen LogP contribution in [0.3, 0.4) is 0 Å². The number of carbonyl (C=O) groups excluding carboxylic acids is 2. The third-order valence-corrected chi connectivity index (χ3v) is 2.23. The van der Waals surface area contributed by atoms with Gasteiger partial charge in [-0.05, 0) is 39.0 Å². The van der Waals surface area contributed by atoms with Crippen molar-refractivity contribution >= 4 is 24.2 Å².